The molecule has 6 nitrogen and oxygen atoms in total. The van der Waals surface area contributed by atoms with Crippen LogP contribution < -0.4 is 10.1 Å². The predicted molar refractivity (Wildman–Crippen MR) is 74.3 cm³/mol. The maximum absolute atomic E-state index is 11.9. The molecule has 1 aliphatic rings. The van der Waals surface area contributed by atoms with Gasteiger partial charge in [-0.3, -0.25) is 9.69 Å². The van der Waals surface area contributed by atoms with Gasteiger partial charge in [0.2, 0.25) is 5.91 Å². The average molecular weight is 299 g/mol. The molecule has 1 saturated heterocycles. The van der Waals surface area contributed by atoms with Crippen LogP contribution in [-0.4, -0.2) is 43.7 Å². The van der Waals surface area contributed by atoms with Crippen molar-refractivity contribution in [1.29, 1.82) is 0 Å². The summed E-state index contributed by atoms with van der Waals surface area (Å²) in [6.07, 6.45) is -0.473. The van der Waals surface area contributed by atoms with Crippen molar-refractivity contribution in [3.63, 3.8) is 0 Å². The first-order valence-corrected chi connectivity index (χ1v) is 6.44. The Bertz CT molecular complexity index is 547. The Morgan fingerprint density at radius 1 is 1.55 bits per heavy atom. The van der Waals surface area contributed by atoms with Gasteiger partial charge in [0, 0.05) is 11.1 Å². The molecule has 1 aromatic carbocycles. The van der Waals surface area contributed by atoms with Gasteiger partial charge in [-0.05, 0) is 18.6 Å². The van der Waals surface area contributed by atoms with Gasteiger partial charge in [-0.2, -0.15) is 0 Å². The van der Waals surface area contributed by atoms with Crippen molar-refractivity contribution >= 4 is 29.3 Å². The van der Waals surface area contributed by atoms with Crippen molar-refractivity contribution in [3.05, 3.63) is 22.7 Å². The second kappa shape index (κ2) is 6.00. The highest BCUT2D eigenvalue weighted by Gasteiger charge is 2.24. The van der Waals surface area contributed by atoms with Crippen LogP contribution in [0.1, 0.15) is 5.56 Å². The molecule has 0 saturated carbocycles. The predicted octanol–water partition coefficient (Wildman–Crippen LogP) is 2.05. The maximum atomic E-state index is 11.9. The fourth-order valence-electron chi connectivity index (χ4n) is 1.86. The van der Waals surface area contributed by atoms with Gasteiger partial charge in [0.25, 0.3) is 0 Å². The number of hydrogen-bond donors (Lipinski definition) is 1. The lowest BCUT2D eigenvalue weighted by Gasteiger charge is -2.15. The van der Waals surface area contributed by atoms with E-state index in [-0.39, 0.29) is 12.5 Å². The molecule has 108 valence electrons. The first-order valence-electron chi connectivity index (χ1n) is 6.07. The van der Waals surface area contributed by atoms with Gasteiger partial charge in [-0.1, -0.05) is 11.6 Å². The second-order valence-corrected chi connectivity index (χ2v) is 4.79. The van der Waals surface area contributed by atoms with Crippen LogP contribution in [0.3, 0.4) is 0 Å². The molecule has 1 N–H and O–H groups in total. The Kier molecular flexibility index (Phi) is 4.34. The maximum Gasteiger partial charge on any atom is 0.410 e. The summed E-state index contributed by atoms with van der Waals surface area (Å²) in [6.45, 7) is 2.51. The van der Waals surface area contributed by atoms with Crippen molar-refractivity contribution in [2.24, 2.45) is 0 Å². The van der Waals surface area contributed by atoms with E-state index in [0.29, 0.717) is 29.6 Å². The number of nitrogens with zero attached hydrogens (tertiary/aromatic N) is 1. The standard InChI is InChI=1S/C13H15ClN2O4/c1-8-5-10(11(19-2)6-9(8)14)15-12(17)7-16-3-4-20-13(16)18/h5-6H,3-4,7H2,1-2H3,(H,15,17). The third-order valence-corrected chi connectivity index (χ3v) is 3.34. The zero-order chi connectivity index (χ0) is 14.7. The molecule has 7 heteroatoms. The molecule has 0 unspecified atom stereocenters. The largest absolute Gasteiger partial charge is 0.495 e. The van der Waals surface area contributed by atoms with Crippen molar-refractivity contribution in [2.75, 3.05) is 32.1 Å². The molecule has 0 spiro atoms. The number of methoxy groups -OCH3 is 1. The Morgan fingerprint density at radius 3 is 2.90 bits per heavy atom. The first kappa shape index (κ1) is 14.5. The third kappa shape index (κ3) is 3.14. The topological polar surface area (TPSA) is 67.9 Å². The van der Waals surface area contributed by atoms with E-state index >= 15 is 0 Å². The van der Waals surface area contributed by atoms with E-state index < -0.39 is 6.09 Å². The third-order valence-electron chi connectivity index (χ3n) is 2.93. The van der Waals surface area contributed by atoms with Crippen LogP contribution in [0, 0.1) is 6.92 Å². The SMILES string of the molecule is COc1cc(Cl)c(C)cc1NC(=O)CN1CCOC1=O. The van der Waals surface area contributed by atoms with Crippen molar-refractivity contribution in [1.82, 2.24) is 4.90 Å². The number of ether oxygens (including phenoxy) is 2. The number of aryl methyl sites for hydroxylation is 1. The Labute approximate surface area is 121 Å². The van der Waals surface area contributed by atoms with Crippen molar-refractivity contribution < 1.29 is 19.1 Å². The number of hydrogen-bond acceptors (Lipinski definition) is 4. The number of rotatable bonds is 4. The molecule has 0 radical (unpaired) electrons. The van der Waals surface area contributed by atoms with Gasteiger partial charge < -0.3 is 14.8 Å². The fourth-order valence-corrected chi connectivity index (χ4v) is 2.02. The van der Waals surface area contributed by atoms with E-state index in [0.717, 1.165) is 5.56 Å². The zero-order valence-electron chi connectivity index (χ0n) is 11.2. The number of halogens is 1. The quantitative estimate of drug-likeness (QED) is 0.924. The highest BCUT2D eigenvalue weighted by molar-refractivity contribution is 6.31. The molecule has 0 atom stereocenters. The van der Waals surface area contributed by atoms with Crippen LogP contribution in [0.2, 0.25) is 5.02 Å². The zero-order valence-corrected chi connectivity index (χ0v) is 12.0. The minimum Gasteiger partial charge on any atom is -0.495 e. The molecule has 0 aliphatic carbocycles. The number of cyclic esters (lactones) is 1. The molecule has 1 fully saturated rings. The van der Waals surface area contributed by atoms with Crippen LogP contribution in [0.5, 0.6) is 5.75 Å². The van der Waals surface area contributed by atoms with Crippen LogP contribution in [0.25, 0.3) is 0 Å². The average Bonchev–Trinajstić information content (AvgIpc) is 2.79. The number of nitrogens with one attached hydrogen (secondary N) is 1. The molecule has 2 amide bonds. The van der Waals surface area contributed by atoms with Gasteiger partial charge in [-0.25, -0.2) is 4.79 Å². The lowest BCUT2D eigenvalue weighted by molar-refractivity contribution is -0.116. The molecule has 1 aromatic rings. The summed E-state index contributed by atoms with van der Waals surface area (Å²) in [5, 5.41) is 3.26. The van der Waals surface area contributed by atoms with E-state index in [1.54, 1.807) is 12.1 Å². The van der Waals surface area contributed by atoms with Crippen molar-refractivity contribution in [2.45, 2.75) is 6.92 Å². The molecule has 1 heterocycles. The van der Waals surface area contributed by atoms with Crippen LogP contribution >= 0.6 is 11.6 Å². The molecule has 1 aliphatic heterocycles. The minimum atomic E-state index is -0.473. The Balaban J connectivity index is 2.07. The number of amides is 2. The highest BCUT2D eigenvalue weighted by Crippen LogP contribution is 2.30. The molecule has 2 rings (SSSR count). The van der Waals surface area contributed by atoms with E-state index in [1.165, 1.54) is 12.0 Å². The highest BCUT2D eigenvalue weighted by atomic mass is 35.5. The van der Waals surface area contributed by atoms with E-state index in [2.05, 4.69) is 5.32 Å². The second-order valence-electron chi connectivity index (χ2n) is 4.39. The van der Waals surface area contributed by atoms with Gasteiger partial charge in [0.05, 0.1) is 19.3 Å². The van der Waals surface area contributed by atoms with Crippen LogP contribution in [-0.2, 0) is 9.53 Å². The molecule has 20 heavy (non-hydrogen) atoms. The minimum absolute atomic E-state index is 0.0519. The lowest BCUT2D eigenvalue weighted by Crippen LogP contribution is -2.33. The van der Waals surface area contributed by atoms with E-state index in [1.807, 2.05) is 6.92 Å². The summed E-state index contributed by atoms with van der Waals surface area (Å²) < 4.78 is 9.93. The smallest absolute Gasteiger partial charge is 0.410 e. The summed E-state index contributed by atoms with van der Waals surface area (Å²) >= 11 is 6.00. The lowest BCUT2D eigenvalue weighted by atomic mass is 10.2. The number of benzene rings is 1. The molecule has 0 bridgehead atoms. The Morgan fingerprint density at radius 2 is 2.30 bits per heavy atom. The van der Waals surface area contributed by atoms with E-state index in [9.17, 15) is 9.59 Å². The summed E-state index contributed by atoms with van der Waals surface area (Å²) in [6, 6.07) is 3.36. The van der Waals surface area contributed by atoms with Crippen LogP contribution in [0.4, 0.5) is 10.5 Å². The van der Waals surface area contributed by atoms with Crippen molar-refractivity contribution in [3.8, 4) is 5.75 Å². The monoisotopic (exact) mass is 298 g/mol. The normalized spacial score (nSPS) is 14.2. The molecule has 0 aromatic heterocycles. The van der Waals surface area contributed by atoms with Gasteiger partial charge >= 0.3 is 6.09 Å². The van der Waals surface area contributed by atoms with Gasteiger partial charge in [-0.15, -0.1) is 0 Å². The summed E-state index contributed by atoms with van der Waals surface area (Å²) in [5.41, 5.74) is 1.34. The van der Waals surface area contributed by atoms with Crippen LogP contribution in [0.15, 0.2) is 12.1 Å². The number of anilines is 1. The fraction of sp³-hybridized carbons (Fsp3) is 0.385. The first-order chi connectivity index (χ1) is 9.51. The molecular formula is C13H15ClN2O4. The Hall–Kier alpha value is -1.95. The molecular weight excluding hydrogens is 284 g/mol. The summed E-state index contributed by atoms with van der Waals surface area (Å²) in [4.78, 5) is 24.5. The number of carbonyl (C=O) groups excluding carboxylic acids is 2. The summed E-state index contributed by atoms with van der Waals surface area (Å²) in [7, 11) is 1.49. The number of carbonyl (C=O) groups is 2. The van der Waals surface area contributed by atoms with Gasteiger partial charge in [0.15, 0.2) is 0 Å². The van der Waals surface area contributed by atoms with E-state index in [4.69, 9.17) is 21.1 Å². The van der Waals surface area contributed by atoms with Gasteiger partial charge in [0.1, 0.15) is 18.9 Å². The summed E-state index contributed by atoms with van der Waals surface area (Å²) in [5.74, 6) is 0.154.